The van der Waals surface area contributed by atoms with Gasteiger partial charge in [0.05, 0.1) is 12.8 Å². The molecule has 0 spiro atoms. The fourth-order valence-electron chi connectivity index (χ4n) is 3.88. The van der Waals surface area contributed by atoms with Crippen molar-refractivity contribution in [2.75, 3.05) is 13.7 Å². The molecule has 38 heavy (non-hydrogen) atoms. The number of nitrogens with one attached hydrogen (secondary N) is 2. The minimum atomic E-state index is -1.94. The third kappa shape index (κ3) is 5.11. The van der Waals surface area contributed by atoms with Crippen LogP contribution in [0.4, 0.5) is 4.79 Å². The van der Waals surface area contributed by atoms with Crippen molar-refractivity contribution in [1.82, 2.24) is 15.6 Å². The van der Waals surface area contributed by atoms with Gasteiger partial charge < -0.3 is 18.6 Å². The molecule has 4 amide bonds. The van der Waals surface area contributed by atoms with Gasteiger partial charge in [0.25, 0.3) is 17.4 Å². The number of carbonyl (C=O) groups excluding carboxylic acids is 3. The zero-order chi connectivity index (χ0) is 26.5. The van der Waals surface area contributed by atoms with E-state index in [0.29, 0.717) is 23.1 Å². The first kappa shape index (κ1) is 24.7. The van der Waals surface area contributed by atoms with Gasteiger partial charge in [-0.05, 0) is 60.7 Å². The van der Waals surface area contributed by atoms with Crippen molar-refractivity contribution in [2.24, 2.45) is 0 Å². The number of methoxy groups -OCH3 is 1. The molecular formula is C28H23N3O7. The van der Waals surface area contributed by atoms with E-state index in [1.165, 1.54) is 7.11 Å². The van der Waals surface area contributed by atoms with Crippen molar-refractivity contribution >= 4 is 17.8 Å². The molecule has 192 valence electrons. The molecule has 0 unspecified atom stereocenters. The lowest BCUT2D eigenvalue weighted by Gasteiger charge is -2.34. The van der Waals surface area contributed by atoms with Crippen LogP contribution in [-0.2, 0) is 14.3 Å². The van der Waals surface area contributed by atoms with E-state index in [4.69, 9.17) is 18.6 Å². The fourth-order valence-corrected chi connectivity index (χ4v) is 3.88. The summed E-state index contributed by atoms with van der Waals surface area (Å²) in [5.41, 5.74) is -0.197. The minimum absolute atomic E-state index is 0.0633. The zero-order valence-electron chi connectivity index (χ0n) is 20.3. The van der Waals surface area contributed by atoms with Crippen molar-refractivity contribution in [2.45, 2.75) is 12.0 Å². The summed E-state index contributed by atoms with van der Waals surface area (Å²) in [6, 6.07) is 22.5. The van der Waals surface area contributed by atoms with Gasteiger partial charge >= 0.3 is 6.03 Å². The van der Waals surface area contributed by atoms with Crippen LogP contribution in [0.3, 0.4) is 0 Å². The van der Waals surface area contributed by atoms with Crippen LogP contribution in [-0.4, -0.2) is 42.1 Å². The summed E-state index contributed by atoms with van der Waals surface area (Å²) in [5.74, 6) is 0.806. The van der Waals surface area contributed by atoms with Crippen LogP contribution in [0.2, 0.25) is 0 Å². The summed E-state index contributed by atoms with van der Waals surface area (Å²) in [7, 11) is 1.43. The van der Waals surface area contributed by atoms with Crippen LogP contribution >= 0.6 is 0 Å². The molecule has 5 rings (SSSR count). The molecule has 3 aromatic carbocycles. The smallest absolute Gasteiger partial charge is 0.328 e. The number of hydrogen-bond acceptors (Lipinski definition) is 8. The van der Waals surface area contributed by atoms with Gasteiger partial charge in [-0.1, -0.05) is 18.2 Å². The third-order valence-electron chi connectivity index (χ3n) is 5.86. The van der Waals surface area contributed by atoms with Gasteiger partial charge in [0.15, 0.2) is 5.76 Å². The van der Waals surface area contributed by atoms with Gasteiger partial charge in [-0.3, -0.25) is 20.2 Å². The summed E-state index contributed by atoms with van der Waals surface area (Å²) in [6.45, 7) is 0.0633. The molecule has 4 aromatic rings. The first-order valence-corrected chi connectivity index (χ1v) is 11.7. The number of benzene rings is 3. The van der Waals surface area contributed by atoms with Gasteiger partial charge in [0, 0.05) is 24.7 Å². The van der Waals surface area contributed by atoms with Gasteiger partial charge in [-0.25, -0.2) is 9.78 Å². The molecule has 0 atom stereocenters. The highest BCUT2D eigenvalue weighted by molar-refractivity contribution is 6.21. The molecular weight excluding hydrogens is 490 g/mol. The van der Waals surface area contributed by atoms with Crippen LogP contribution in [0.15, 0.2) is 89.5 Å². The molecule has 0 saturated carbocycles. The molecule has 0 aliphatic carbocycles. The van der Waals surface area contributed by atoms with E-state index in [1.807, 2.05) is 42.5 Å². The second-order valence-electron chi connectivity index (χ2n) is 8.40. The average molecular weight is 514 g/mol. The number of barbiturate groups is 1. The summed E-state index contributed by atoms with van der Waals surface area (Å²) < 4.78 is 22.6. The van der Waals surface area contributed by atoms with Gasteiger partial charge in [0.2, 0.25) is 5.89 Å². The van der Waals surface area contributed by atoms with Crippen LogP contribution < -0.4 is 20.1 Å². The summed E-state index contributed by atoms with van der Waals surface area (Å²) >= 11 is 0. The molecule has 2 heterocycles. The maximum Gasteiger partial charge on any atom is 0.328 e. The van der Waals surface area contributed by atoms with E-state index in [9.17, 15) is 14.4 Å². The van der Waals surface area contributed by atoms with Crippen molar-refractivity contribution in [3.63, 3.8) is 0 Å². The first-order valence-electron chi connectivity index (χ1n) is 11.7. The van der Waals surface area contributed by atoms with Crippen LogP contribution in [0.25, 0.3) is 22.8 Å². The number of aromatic nitrogens is 1. The Morgan fingerprint density at radius 2 is 1.39 bits per heavy atom. The molecule has 10 heteroatoms. The predicted octanol–water partition coefficient (Wildman–Crippen LogP) is 4.32. The number of ether oxygens (including phenoxy) is 3. The minimum Gasteiger partial charge on any atom is -0.467 e. The highest BCUT2D eigenvalue weighted by Crippen LogP contribution is 2.31. The number of nitrogens with zero attached hydrogens (tertiary/aromatic N) is 1. The normalized spacial score (nSPS) is 14.5. The molecule has 0 radical (unpaired) electrons. The van der Waals surface area contributed by atoms with Crippen LogP contribution in [0, 0.1) is 0 Å². The van der Waals surface area contributed by atoms with E-state index in [-0.39, 0.29) is 18.8 Å². The average Bonchev–Trinajstić information content (AvgIpc) is 3.42. The maximum absolute atomic E-state index is 12.6. The number of hydrogen-bond donors (Lipinski definition) is 2. The molecule has 1 aliphatic heterocycles. The molecule has 1 aliphatic rings. The van der Waals surface area contributed by atoms with Gasteiger partial charge in [-0.2, -0.15) is 0 Å². The van der Waals surface area contributed by atoms with Crippen molar-refractivity contribution in [3.8, 4) is 40.0 Å². The monoisotopic (exact) mass is 513 g/mol. The Balaban J connectivity index is 1.26. The number of carbonyl (C=O) groups is 3. The summed E-state index contributed by atoms with van der Waals surface area (Å²) in [4.78, 5) is 41.0. The van der Waals surface area contributed by atoms with Crippen LogP contribution in [0.1, 0.15) is 6.42 Å². The Hall–Kier alpha value is -4.96. The lowest BCUT2D eigenvalue weighted by Crippen LogP contribution is -2.69. The first-order chi connectivity index (χ1) is 18.5. The van der Waals surface area contributed by atoms with Crippen molar-refractivity contribution < 1.29 is 33.0 Å². The van der Waals surface area contributed by atoms with Gasteiger partial charge in [0.1, 0.15) is 17.2 Å². The zero-order valence-corrected chi connectivity index (χ0v) is 20.3. The molecule has 1 saturated heterocycles. The Labute approximate surface area is 217 Å². The van der Waals surface area contributed by atoms with Crippen molar-refractivity contribution in [3.05, 3.63) is 85.1 Å². The SMILES string of the molecule is COCCC1(Oc2ccc(Oc3ccc(-c4cnc(-c5ccccc5)o4)cc3)cc2)C(=O)NC(=O)NC1=O. The number of amides is 4. The summed E-state index contributed by atoms with van der Waals surface area (Å²) in [5, 5.41) is 4.15. The number of urea groups is 1. The maximum atomic E-state index is 12.6. The molecule has 2 N–H and O–H groups in total. The fraction of sp³-hybridized carbons (Fsp3) is 0.143. The lowest BCUT2D eigenvalue weighted by molar-refractivity contribution is -0.153. The second-order valence-corrected chi connectivity index (χ2v) is 8.40. The standard InChI is InChI=1S/C28H23N3O7/c1-35-16-15-28(25(32)30-27(34)31-26(28)33)38-22-13-11-21(12-14-22)36-20-9-7-18(8-10-20)23-17-29-24(37-23)19-5-3-2-4-6-19/h2-14,17H,15-16H2,1H3,(H2,30,31,32,33,34). The quantitative estimate of drug-likeness (QED) is 0.317. The van der Waals surface area contributed by atoms with Crippen LogP contribution in [0.5, 0.6) is 17.2 Å². The van der Waals surface area contributed by atoms with Crippen molar-refractivity contribution in [1.29, 1.82) is 0 Å². The topological polar surface area (TPSA) is 129 Å². The Morgan fingerprint density at radius 3 is 2.03 bits per heavy atom. The lowest BCUT2D eigenvalue weighted by atomic mass is 9.95. The van der Waals surface area contributed by atoms with E-state index in [0.717, 1.165) is 11.1 Å². The van der Waals surface area contributed by atoms with E-state index in [1.54, 1.807) is 42.6 Å². The molecule has 1 aromatic heterocycles. The number of rotatable bonds is 9. The summed E-state index contributed by atoms with van der Waals surface area (Å²) in [6.07, 6.45) is 1.59. The Morgan fingerprint density at radius 1 is 0.789 bits per heavy atom. The van der Waals surface area contributed by atoms with E-state index >= 15 is 0 Å². The highest BCUT2D eigenvalue weighted by Gasteiger charge is 2.52. The van der Waals surface area contributed by atoms with E-state index in [2.05, 4.69) is 15.6 Å². The van der Waals surface area contributed by atoms with Gasteiger partial charge in [-0.15, -0.1) is 0 Å². The Bertz CT molecular complexity index is 1430. The molecule has 10 nitrogen and oxygen atoms in total. The molecule has 1 fully saturated rings. The predicted molar refractivity (Wildman–Crippen MR) is 135 cm³/mol. The molecule has 0 bridgehead atoms. The largest absolute Gasteiger partial charge is 0.467 e. The third-order valence-corrected chi connectivity index (χ3v) is 5.86. The number of oxazole rings is 1. The van der Waals surface area contributed by atoms with E-state index < -0.39 is 23.4 Å². The Kier molecular flexibility index (Phi) is 6.88. The number of imide groups is 2. The highest BCUT2D eigenvalue weighted by atomic mass is 16.5. The second kappa shape index (κ2) is 10.6.